The Balaban J connectivity index is 1.82. The number of thioether (sulfide) groups is 1. The van der Waals surface area contributed by atoms with E-state index in [1.807, 2.05) is 6.07 Å². The van der Waals surface area contributed by atoms with Crippen LogP contribution >= 0.6 is 11.8 Å². The predicted octanol–water partition coefficient (Wildman–Crippen LogP) is 4.10. The number of hydrogen-bond donors (Lipinski definition) is 1. The summed E-state index contributed by atoms with van der Waals surface area (Å²) < 4.78 is 4.70. The summed E-state index contributed by atoms with van der Waals surface area (Å²) in [5, 5.41) is 0.469. The Morgan fingerprint density at radius 2 is 2.04 bits per heavy atom. The lowest BCUT2D eigenvalue weighted by atomic mass is 9.60. The van der Waals surface area contributed by atoms with Crippen molar-refractivity contribution >= 4 is 17.7 Å². The molecule has 2 aromatic rings. The molecule has 1 atom stereocenters. The molecule has 2 aliphatic carbocycles. The highest BCUT2D eigenvalue weighted by Crippen LogP contribution is 2.48. The number of methoxy groups -OCH3 is 1. The van der Waals surface area contributed by atoms with Crippen LogP contribution in [0.3, 0.4) is 0 Å². The number of hydrogen-bond acceptors (Lipinski definition) is 5. The third-order valence-corrected chi connectivity index (χ3v) is 7.21. The molecule has 5 nitrogen and oxygen atoms in total. The van der Waals surface area contributed by atoms with Gasteiger partial charge >= 0.3 is 5.97 Å². The molecule has 1 N–H and O–H groups in total. The van der Waals surface area contributed by atoms with E-state index in [9.17, 15) is 9.59 Å². The van der Waals surface area contributed by atoms with Gasteiger partial charge in [-0.3, -0.25) is 9.59 Å². The van der Waals surface area contributed by atoms with Gasteiger partial charge in [-0.05, 0) is 30.7 Å². The van der Waals surface area contributed by atoms with Crippen LogP contribution < -0.4 is 5.56 Å². The summed E-state index contributed by atoms with van der Waals surface area (Å²) in [6.45, 7) is 2.25. The molecule has 1 aromatic heterocycles. The first-order valence-corrected chi connectivity index (χ1v) is 10.9. The van der Waals surface area contributed by atoms with Crippen molar-refractivity contribution in [2.24, 2.45) is 5.92 Å². The van der Waals surface area contributed by atoms with Crippen LogP contribution in [0.2, 0.25) is 0 Å². The Morgan fingerprint density at radius 1 is 1.29 bits per heavy atom. The Hall–Kier alpha value is -2.08. The van der Waals surface area contributed by atoms with Crippen molar-refractivity contribution in [3.8, 4) is 11.3 Å². The number of benzene rings is 1. The lowest BCUT2D eigenvalue weighted by molar-refractivity contribution is -0.137. The quantitative estimate of drug-likeness (QED) is 0.477. The number of aromatic amines is 1. The van der Waals surface area contributed by atoms with Gasteiger partial charge in [-0.25, -0.2) is 4.98 Å². The van der Waals surface area contributed by atoms with Gasteiger partial charge in [0.05, 0.1) is 24.1 Å². The number of fused-ring (bicyclic) bond motifs is 3. The van der Waals surface area contributed by atoms with Crippen LogP contribution in [-0.2, 0) is 21.4 Å². The Labute approximate surface area is 169 Å². The third kappa shape index (κ3) is 3.39. The molecule has 0 spiro atoms. The third-order valence-electron chi connectivity index (χ3n) is 6.36. The van der Waals surface area contributed by atoms with Crippen molar-refractivity contribution in [3.63, 3.8) is 0 Å². The standard InChI is InChI=1S/C22H26N2O3S/c1-22(15-9-4-3-5-10-15)12-14-8-6-7-11-16(14)19-18(22)20(26)24-21(23-19)28-13-17(25)27-2/h6-8,11,15H,3-5,9-10,12-13H2,1-2H3,(H,23,24,26)/t22-/m1/s1. The van der Waals surface area contributed by atoms with E-state index in [2.05, 4.69) is 30.1 Å². The summed E-state index contributed by atoms with van der Waals surface area (Å²) in [4.78, 5) is 32.5. The van der Waals surface area contributed by atoms with Crippen molar-refractivity contribution in [2.75, 3.05) is 12.9 Å². The van der Waals surface area contributed by atoms with Gasteiger partial charge in [-0.2, -0.15) is 0 Å². The van der Waals surface area contributed by atoms with E-state index in [4.69, 9.17) is 9.72 Å². The summed E-state index contributed by atoms with van der Waals surface area (Å²) in [6.07, 6.45) is 6.95. The molecule has 0 aliphatic heterocycles. The van der Waals surface area contributed by atoms with Gasteiger partial charge in [0, 0.05) is 11.0 Å². The zero-order chi connectivity index (χ0) is 19.7. The minimum absolute atomic E-state index is 0.0695. The molecule has 6 heteroatoms. The number of carbonyl (C=O) groups excluding carboxylic acids is 1. The number of aromatic nitrogens is 2. The number of nitrogens with zero attached hydrogens (tertiary/aromatic N) is 1. The molecule has 148 valence electrons. The molecule has 4 rings (SSSR count). The smallest absolute Gasteiger partial charge is 0.316 e. The van der Waals surface area contributed by atoms with Crippen molar-refractivity contribution in [1.82, 2.24) is 9.97 Å². The van der Waals surface area contributed by atoms with E-state index < -0.39 is 0 Å². The first-order chi connectivity index (χ1) is 13.5. The average Bonchev–Trinajstić information content (AvgIpc) is 2.72. The van der Waals surface area contributed by atoms with Gasteiger partial charge in [0.15, 0.2) is 5.16 Å². The lowest BCUT2D eigenvalue weighted by Gasteiger charge is -2.43. The summed E-state index contributed by atoms with van der Waals surface area (Å²) in [5.74, 6) is 0.280. The Bertz CT molecular complexity index is 949. The molecule has 0 amide bonds. The molecular weight excluding hydrogens is 372 g/mol. The number of esters is 1. The minimum atomic E-state index is -0.335. The SMILES string of the molecule is COC(=O)CSc1nc2c(c(=O)[nH]1)[C@@](C)(C1CCCCC1)Cc1ccccc1-2. The first-order valence-electron chi connectivity index (χ1n) is 9.95. The second-order valence-electron chi connectivity index (χ2n) is 8.05. The minimum Gasteiger partial charge on any atom is -0.468 e. The average molecular weight is 399 g/mol. The molecule has 0 bridgehead atoms. The van der Waals surface area contributed by atoms with Crippen molar-refractivity contribution in [1.29, 1.82) is 0 Å². The van der Waals surface area contributed by atoms with Gasteiger partial charge in [-0.1, -0.05) is 62.2 Å². The number of ether oxygens (including phenoxy) is 1. The molecule has 1 saturated carbocycles. The van der Waals surface area contributed by atoms with E-state index in [0.717, 1.165) is 36.1 Å². The van der Waals surface area contributed by atoms with Gasteiger partial charge in [0.2, 0.25) is 0 Å². The summed E-state index contributed by atoms with van der Waals surface area (Å²) in [5.41, 5.74) is 3.62. The number of carbonyl (C=O) groups is 1. The van der Waals surface area contributed by atoms with Crippen LogP contribution in [0.25, 0.3) is 11.3 Å². The Kier molecular flexibility index (Phi) is 5.32. The normalized spacial score (nSPS) is 21.6. The van der Waals surface area contributed by atoms with Crippen LogP contribution in [0.5, 0.6) is 0 Å². The molecule has 0 unspecified atom stereocenters. The molecule has 1 aromatic carbocycles. The molecule has 0 saturated heterocycles. The fraction of sp³-hybridized carbons (Fsp3) is 0.500. The molecule has 1 heterocycles. The topological polar surface area (TPSA) is 72.0 Å². The molecule has 1 fully saturated rings. The molecule has 0 radical (unpaired) electrons. The first kappa shape index (κ1) is 19.2. The zero-order valence-corrected chi connectivity index (χ0v) is 17.2. The van der Waals surface area contributed by atoms with E-state index in [1.165, 1.54) is 43.7 Å². The fourth-order valence-electron chi connectivity index (χ4n) is 4.91. The van der Waals surface area contributed by atoms with Crippen LogP contribution in [0.15, 0.2) is 34.2 Å². The van der Waals surface area contributed by atoms with Crippen LogP contribution in [0.1, 0.15) is 50.2 Å². The van der Waals surface area contributed by atoms with Gasteiger partial charge in [0.1, 0.15) is 0 Å². The summed E-state index contributed by atoms with van der Waals surface area (Å²) in [7, 11) is 1.36. The Morgan fingerprint density at radius 3 is 2.79 bits per heavy atom. The summed E-state index contributed by atoms with van der Waals surface area (Å²) >= 11 is 1.21. The number of H-pyrrole nitrogens is 1. The fourth-order valence-corrected chi connectivity index (χ4v) is 5.60. The molecule has 2 aliphatic rings. The monoisotopic (exact) mass is 398 g/mol. The predicted molar refractivity (Wildman–Crippen MR) is 111 cm³/mol. The lowest BCUT2D eigenvalue weighted by Crippen LogP contribution is -2.43. The van der Waals surface area contributed by atoms with Crippen LogP contribution in [0.4, 0.5) is 0 Å². The van der Waals surface area contributed by atoms with Crippen molar-refractivity contribution in [2.45, 2.75) is 56.0 Å². The number of nitrogens with one attached hydrogen (secondary N) is 1. The van der Waals surface area contributed by atoms with Gasteiger partial charge in [-0.15, -0.1) is 0 Å². The van der Waals surface area contributed by atoms with Crippen LogP contribution in [-0.4, -0.2) is 28.8 Å². The maximum atomic E-state index is 13.2. The maximum Gasteiger partial charge on any atom is 0.316 e. The number of rotatable bonds is 4. The van der Waals surface area contributed by atoms with E-state index in [-0.39, 0.29) is 22.7 Å². The van der Waals surface area contributed by atoms with Gasteiger partial charge in [0.25, 0.3) is 5.56 Å². The van der Waals surface area contributed by atoms with Crippen molar-refractivity contribution < 1.29 is 9.53 Å². The highest BCUT2D eigenvalue weighted by molar-refractivity contribution is 7.99. The van der Waals surface area contributed by atoms with Crippen LogP contribution in [0, 0.1) is 5.92 Å². The van der Waals surface area contributed by atoms with E-state index >= 15 is 0 Å². The zero-order valence-electron chi connectivity index (χ0n) is 16.4. The summed E-state index contributed by atoms with van der Waals surface area (Å²) in [6, 6.07) is 8.26. The van der Waals surface area contributed by atoms with Crippen molar-refractivity contribution in [3.05, 3.63) is 45.7 Å². The molecule has 28 heavy (non-hydrogen) atoms. The van der Waals surface area contributed by atoms with Gasteiger partial charge < -0.3 is 9.72 Å². The van der Waals surface area contributed by atoms with E-state index in [1.54, 1.807) is 0 Å². The highest BCUT2D eigenvalue weighted by Gasteiger charge is 2.44. The van der Waals surface area contributed by atoms with E-state index in [0.29, 0.717) is 11.1 Å². The largest absolute Gasteiger partial charge is 0.468 e. The highest BCUT2D eigenvalue weighted by atomic mass is 32.2. The second kappa shape index (κ2) is 7.74. The maximum absolute atomic E-state index is 13.2. The second-order valence-corrected chi connectivity index (χ2v) is 9.01. The molecular formula is C22H26N2O3S.